The number of hydrogen-bond acceptors (Lipinski definition) is 0. The standard InChI is InChI=1S/C25H30F2/c1-17-7-9-20(10-8-17)22-15-16-23(25(27)24(22)26)21-13-11-19(12-14-21)18-5-3-2-4-6-18/h11-18,20H,2-10H2,1H3. The Morgan fingerprint density at radius 2 is 1.33 bits per heavy atom. The van der Waals surface area contributed by atoms with Crippen LogP contribution < -0.4 is 0 Å². The molecule has 0 aromatic heterocycles. The van der Waals surface area contributed by atoms with Gasteiger partial charge in [-0.2, -0.15) is 0 Å². The highest BCUT2D eigenvalue weighted by Crippen LogP contribution is 2.39. The van der Waals surface area contributed by atoms with Crippen molar-refractivity contribution in [2.24, 2.45) is 5.92 Å². The summed E-state index contributed by atoms with van der Waals surface area (Å²) in [5, 5.41) is 0. The lowest BCUT2D eigenvalue weighted by Crippen LogP contribution is -2.13. The average Bonchev–Trinajstić information content (AvgIpc) is 2.72. The van der Waals surface area contributed by atoms with E-state index in [-0.39, 0.29) is 5.92 Å². The molecule has 2 aromatic rings. The second kappa shape index (κ2) is 8.12. The molecule has 0 aliphatic heterocycles. The van der Waals surface area contributed by atoms with Gasteiger partial charge in [0.15, 0.2) is 11.6 Å². The Kier molecular flexibility index (Phi) is 5.61. The van der Waals surface area contributed by atoms with E-state index in [2.05, 4.69) is 19.1 Å². The maximum absolute atomic E-state index is 14.9. The quantitative estimate of drug-likeness (QED) is 0.515. The molecule has 0 unspecified atom stereocenters. The zero-order chi connectivity index (χ0) is 18.8. The molecule has 2 aromatic carbocycles. The minimum Gasteiger partial charge on any atom is -0.203 e. The van der Waals surface area contributed by atoms with Crippen LogP contribution in [-0.2, 0) is 0 Å². The van der Waals surface area contributed by atoms with Crippen molar-refractivity contribution in [1.82, 2.24) is 0 Å². The van der Waals surface area contributed by atoms with Crippen LogP contribution in [0, 0.1) is 17.6 Å². The molecule has 0 bridgehead atoms. The van der Waals surface area contributed by atoms with Gasteiger partial charge in [0, 0.05) is 5.56 Å². The van der Waals surface area contributed by atoms with E-state index in [4.69, 9.17) is 0 Å². The zero-order valence-corrected chi connectivity index (χ0v) is 16.3. The molecule has 0 amide bonds. The molecule has 0 radical (unpaired) electrons. The predicted octanol–water partition coefficient (Wildman–Crippen LogP) is 7.97. The highest BCUT2D eigenvalue weighted by molar-refractivity contribution is 5.65. The summed E-state index contributed by atoms with van der Waals surface area (Å²) in [5.74, 6) is 0.180. The summed E-state index contributed by atoms with van der Waals surface area (Å²) in [7, 11) is 0. The van der Waals surface area contributed by atoms with Gasteiger partial charge in [-0.1, -0.05) is 75.4 Å². The molecule has 2 saturated carbocycles. The summed E-state index contributed by atoms with van der Waals surface area (Å²) in [4.78, 5) is 0. The monoisotopic (exact) mass is 368 g/mol. The molecular weight excluding hydrogens is 338 g/mol. The first-order valence-electron chi connectivity index (χ1n) is 10.7. The van der Waals surface area contributed by atoms with Crippen molar-refractivity contribution >= 4 is 0 Å². The fourth-order valence-electron chi connectivity index (χ4n) is 5.04. The average molecular weight is 369 g/mol. The molecule has 2 fully saturated rings. The highest BCUT2D eigenvalue weighted by Gasteiger charge is 2.25. The maximum atomic E-state index is 14.9. The number of hydrogen-bond donors (Lipinski definition) is 0. The first kappa shape index (κ1) is 18.7. The van der Waals surface area contributed by atoms with Gasteiger partial charge < -0.3 is 0 Å². The third-order valence-electron chi connectivity index (χ3n) is 6.87. The predicted molar refractivity (Wildman–Crippen MR) is 108 cm³/mol. The molecule has 2 aliphatic rings. The molecule has 144 valence electrons. The molecule has 27 heavy (non-hydrogen) atoms. The summed E-state index contributed by atoms with van der Waals surface area (Å²) in [5.41, 5.74) is 3.07. The van der Waals surface area contributed by atoms with Gasteiger partial charge in [0.2, 0.25) is 0 Å². The Labute approximate surface area is 162 Å². The van der Waals surface area contributed by atoms with Gasteiger partial charge in [0.25, 0.3) is 0 Å². The van der Waals surface area contributed by atoms with Crippen LogP contribution in [0.3, 0.4) is 0 Å². The van der Waals surface area contributed by atoms with Gasteiger partial charge in [0.05, 0.1) is 0 Å². The molecule has 0 N–H and O–H groups in total. The Hall–Kier alpha value is -1.70. The van der Waals surface area contributed by atoms with Crippen LogP contribution in [0.15, 0.2) is 36.4 Å². The van der Waals surface area contributed by atoms with Gasteiger partial charge in [0.1, 0.15) is 0 Å². The second-order valence-electron chi connectivity index (χ2n) is 8.74. The van der Waals surface area contributed by atoms with E-state index in [0.29, 0.717) is 23.0 Å². The Bertz CT molecular complexity index is 764. The van der Waals surface area contributed by atoms with Gasteiger partial charge in [-0.3, -0.25) is 0 Å². The Morgan fingerprint density at radius 3 is 2.00 bits per heavy atom. The normalized spacial score (nSPS) is 24.1. The minimum atomic E-state index is -0.684. The first-order valence-corrected chi connectivity index (χ1v) is 10.7. The fraction of sp³-hybridized carbons (Fsp3) is 0.520. The molecular formula is C25H30F2. The number of rotatable bonds is 3. The van der Waals surface area contributed by atoms with Gasteiger partial charge in [-0.15, -0.1) is 0 Å². The fourth-order valence-corrected chi connectivity index (χ4v) is 5.04. The molecule has 2 heteroatoms. The van der Waals surface area contributed by atoms with E-state index in [1.807, 2.05) is 18.2 Å². The van der Waals surface area contributed by atoms with Crippen molar-refractivity contribution in [1.29, 1.82) is 0 Å². The molecule has 0 heterocycles. The lowest BCUT2D eigenvalue weighted by molar-refractivity contribution is 0.339. The second-order valence-corrected chi connectivity index (χ2v) is 8.74. The summed E-state index contributed by atoms with van der Waals surface area (Å²) < 4.78 is 29.7. The van der Waals surface area contributed by atoms with Crippen LogP contribution in [-0.4, -0.2) is 0 Å². The van der Waals surface area contributed by atoms with Crippen LogP contribution in [0.2, 0.25) is 0 Å². The van der Waals surface area contributed by atoms with E-state index in [0.717, 1.165) is 31.2 Å². The lowest BCUT2D eigenvalue weighted by Gasteiger charge is -2.27. The maximum Gasteiger partial charge on any atom is 0.166 e. The van der Waals surface area contributed by atoms with Gasteiger partial charge >= 0.3 is 0 Å². The summed E-state index contributed by atoms with van der Waals surface area (Å²) >= 11 is 0. The molecule has 4 rings (SSSR count). The third-order valence-corrected chi connectivity index (χ3v) is 6.87. The van der Waals surface area contributed by atoms with E-state index >= 15 is 0 Å². The van der Waals surface area contributed by atoms with Crippen molar-refractivity contribution in [3.63, 3.8) is 0 Å². The van der Waals surface area contributed by atoms with E-state index in [1.165, 1.54) is 37.7 Å². The van der Waals surface area contributed by atoms with E-state index < -0.39 is 11.6 Å². The van der Waals surface area contributed by atoms with Crippen LogP contribution in [0.4, 0.5) is 8.78 Å². The molecule has 2 aliphatic carbocycles. The topological polar surface area (TPSA) is 0 Å². The molecule has 0 atom stereocenters. The third kappa shape index (κ3) is 3.95. The molecule has 0 nitrogen and oxygen atoms in total. The number of halogens is 2. The smallest absolute Gasteiger partial charge is 0.166 e. The number of benzene rings is 2. The van der Waals surface area contributed by atoms with Crippen LogP contribution in [0.5, 0.6) is 0 Å². The van der Waals surface area contributed by atoms with Crippen LogP contribution in [0.25, 0.3) is 11.1 Å². The van der Waals surface area contributed by atoms with Crippen LogP contribution >= 0.6 is 0 Å². The van der Waals surface area contributed by atoms with Gasteiger partial charge in [-0.25, -0.2) is 8.78 Å². The van der Waals surface area contributed by atoms with Crippen molar-refractivity contribution in [3.05, 3.63) is 59.2 Å². The Morgan fingerprint density at radius 1 is 0.667 bits per heavy atom. The summed E-state index contributed by atoms with van der Waals surface area (Å²) in [6.45, 7) is 2.24. The van der Waals surface area contributed by atoms with Crippen molar-refractivity contribution in [2.45, 2.75) is 76.5 Å². The molecule has 0 spiro atoms. The van der Waals surface area contributed by atoms with Crippen molar-refractivity contribution in [3.8, 4) is 11.1 Å². The highest BCUT2D eigenvalue weighted by atomic mass is 19.2. The van der Waals surface area contributed by atoms with E-state index in [1.54, 1.807) is 6.07 Å². The molecule has 0 saturated heterocycles. The van der Waals surface area contributed by atoms with Crippen molar-refractivity contribution < 1.29 is 8.78 Å². The van der Waals surface area contributed by atoms with Crippen molar-refractivity contribution in [2.75, 3.05) is 0 Å². The summed E-state index contributed by atoms with van der Waals surface area (Å²) in [6, 6.07) is 11.7. The van der Waals surface area contributed by atoms with E-state index in [9.17, 15) is 8.78 Å². The summed E-state index contributed by atoms with van der Waals surface area (Å²) in [6.07, 6.45) is 10.6. The van der Waals surface area contributed by atoms with Gasteiger partial charge in [-0.05, 0) is 60.1 Å². The first-order chi connectivity index (χ1) is 13.1. The zero-order valence-electron chi connectivity index (χ0n) is 16.3. The Balaban J connectivity index is 1.56. The lowest BCUT2D eigenvalue weighted by atomic mass is 9.79. The van der Waals surface area contributed by atoms with Crippen LogP contribution in [0.1, 0.15) is 87.7 Å². The SMILES string of the molecule is CC1CCC(c2ccc(-c3ccc(C4CCCCC4)cc3)c(F)c2F)CC1. The largest absolute Gasteiger partial charge is 0.203 e. The minimum absolute atomic E-state index is 0.165.